The monoisotopic (exact) mass is 480 g/mol. The van der Waals surface area contributed by atoms with Crippen molar-refractivity contribution < 1.29 is 9.59 Å². The zero-order valence-electron chi connectivity index (χ0n) is 16.6. The maximum absolute atomic E-state index is 12.8. The second-order valence-electron chi connectivity index (χ2n) is 6.61. The number of halogens is 1. The van der Waals surface area contributed by atoms with Crippen LogP contribution in [0.1, 0.15) is 27.3 Å². The van der Waals surface area contributed by atoms with Gasteiger partial charge < -0.3 is 10.3 Å². The molecule has 0 saturated carbocycles. The third-order valence-corrected chi connectivity index (χ3v) is 7.93. The second kappa shape index (κ2) is 10.5. The first kappa shape index (κ1) is 22.9. The summed E-state index contributed by atoms with van der Waals surface area (Å²) in [6.45, 7) is 4.80. The molecule has 0 fully saturated rings. The van der Waals surface area contributed by atoms with Gasteiger partial charge >= 0.3 is 0 Å². The normalized spacial score (nSPS) is 11.0. The van der Waals surface area contributed by atoms with E-state index in [1.165, 1.54) is 40.4 Å². The zero-order chi connectivity index (χ0) is 21.7. The first-order valence-corrected chi connectivity index (χ1v) is 12.3. The molecule has 0 saturated heterocycles. The molecule has 0 radical (unpaired) electrons. The van der Waals surface area contributed by atoms with E-state index in [9.17, 15) is 9.59 Å². The Bertz CT molecular complexity index is 1050. The molecule has 0 aliphatic heterocycles. The highest BCUT2D eigenvalue weighted by atomic mass is 35.5. The molecule has 1 amide bonds. The Balaban J connectivity index is 1.59. The first-order chi connectivity index (χ1) is 14.3. The zero-order valence-corrected chi connectivity index (χ0v) is 19.8. The number of amides is 1. The van der Waals surface area contributed by atoms with Gasteiger partial charge in [0, 0.05) is 28.5 Å². The van der Waals surface area contributed by atoms with Crippen molar-refractivity contribution in [2.75, 3.05) is 11.5 Å². The Kier molecular flexibility index (Phi) is 7.99. The molecule has 0 atom stereocenters. The number of nitrogens with two attached hydrogens (primary N) is 1. The summed E-state index contributed by atoms with van der Waals surface area (Å²) in [5.74, 6) is 0.120. The van der Waals surface area contributed by atoms with Crippen LogP contribution in [0, 0.1) is 13.8 Å². The number of carbonyl (C=O) groups is 2. The van der Waals surface area contributed by atoms with Gasteiger partial charge in [-0.15, -0.1) is 10.2 Å². The predicted octanol–water partition coefficient (Wildman–Crippen LogP) is 4.40. The van der Waals surface area contributed by atoms with Crippen molar-refractivity contribution >= 4 is 58.2 Å². The number of benzene rings is 1. The molecule has 0 spiro atoms. The summed E-state index contributed by atoms with van der Waals surface area (Å²) >= 11 is 9.92. The van der Waals surface area contributed by atoms with Crippen LogP contribution in [0.5, 0.6) is 0 Å². The number of nitrogens with zero attached hydrogens (tertiary/aromatic N) is 3. The highest BCUT2D eigenvalue weighted by Gasteiger charge is 2.17. The summed E-state index contributed by atoms with van der Waals surface area (Å²) in [5, 5.41) is 8.81. The summed E-state index contributed by atoms with van der Waals surface area (Å²) in [5.41, 5.74) is 9.12. The third kappa shape index (κ3) is 6.10. The van der Waals surface area contributed by atoms with Gasteiger partial charge in [-0.2, -0.15) is 0 Å². The molecule has 3 rings (SSSR count). The topological polar surface area (TPSA) is 90.9 Å². The fourth-order valence-corrected chi connectivity index (χ4v) is 5.74. The molecule has 158 valence electrons. The lowest BCUT2D eigenvalue weighted by molar-refractivity contribution is -0.115. The van der Waals surface area contributed by atoms with Crippen LogP contribution in [0.2, 0.25) is 5.02 Å². The Morgan fingerprint density at radius 3 is 2.37 bits per heavy atom. The van der Waals surface area contributed by atoms with E-state index in [-0.39, 0.29) is 17.3 Å². The lowest BCUT2D eigenvalue weighted by Crippen LogP contribution is -2.12. The standard InChI is InChI=1S/C20H21ClN4O2S3/c1-12-9-16(13(2)25(12)8-7-14-3-5-15(21)6-4-14)17(26)10-28-19-23-24-20(30-19)29-11-18(22)27/h3-6,9H,7-8,10-11H2,1-2H3,(H2,22,27). The minimum absolute atomic E-state index is 0.0624. The lowest BCUT2D eigenvalue weighted by Gasteiger charge is -2.10. The number of rotatable bonds is 10. The van der Waals surface area contributed by atoms with Gasteiger partial charge in [0.1, 0.15) is 0 Å². The van der Waals surface area contributed by atoms with Crippen LogP contribution in [-0.4, -0.2) is 38.0 Å². The number of ketones is 1. The van der Waals surface area contributed by atoms with E-state index >= 15 is 0 Å². The molecule has 2 N–H and O–H groups in total. The molecule has 30 heavy (non-hydrogen) atoms. The van der Waals surface area contributed by atoms with Crippen molar-refractivity contribution in [2.24, 2.45) is 5.73 Å². The molecule has 6 nitrogen and oxygen atoms in total. The molecule has 0 unspecified atom stereocenters. The fourth-order valence-electron chi connectivity index (χ4n) is 2.97. The molecule has 10 heteroatoms. The SMILES string of the molecule is Cc1cc(C(=O)CSc2nnc(SCC(N)=O)s2)c(C)n1CCc1ccc(Cl)cc1. The van der Waals surface area contributed by atoms with Gasteiger partial charge in [0.15, 0.2) is 14.5 Å². The van der Waals surface area contributed by atoms with Crippen molar-refractivity contribution in [2.45, 2.75) is 35.5 Å². The molecule has 2 aromatic heterocycles. The molecule has 3 aromatic rings. The Morgan fingerprint density at radius 2 is 1.73 bits per heavy atom. The van der Waals surface area contributed by atoms with Crippen molar-refractivity contribution in [3.8, 4) is 0 Å². The maximum Gasteiger partial charge on any atom is 0.227 e. The average Bonchev–Trinajstić information content (AvgIpc) is 3.28. The van der Waals surface area contributed by atoms with E-state index in [1.54, 1.807) is 0 Å². The summed E-state index contributed by atoms with van der Waals surface area (Å²) in [4.78, 5) is 23.6. The number of aromatic nitrogens is 3. The van der Waals surface area contributed by atoms with Crippen LogP contribution < -0.4 is 5.73 Å². The molecule has 2 heterocycles. The average molecular weight is 481 g/mol. The van der Waals surface area contributed by atoms with E-state index in [4.69, 9.17) is 17.3 Å². The second-order valence-corrected chi connectivity index (χ2v) is 10.5. The van der Waals surface area contributed by atoms with Gasteiger partial charge in [0.05, 0.1) is 11.5 Å². The largest absolute Gasteiger partial charge is 0.369 e. The number of thioether (sulfide) groups is 2. The van der Waals surface area contributed by atoms with Crippen LogP contribution in [0.15, 0.2) is 39.0 Å². The number of primary amides is 1. The quantitative estimate of drug-likeness (QED) is 0.341. The highest BCUT2D eigenvalue weighted by Crippen LogP contribution is 2.29. The lowest BCUT2D eigenvalue weighted by atomic mass is 10.1. The molecule has 0 bridgehead atoms. The Labute approximate surface area is 192 Å². The van der Waals surface area contributed by atoms with E-state index in [1.807, 2.05) is 44.2 Å². The maximum atomic E-state index is 12.8. The minimum Gasteiger partial charge on any atom is -0.369 e. The highest BCUT2D eigenvalue weighted by molar-refractivity contribution is 8.03. The van der Waals surface area contributed by atoms with Crippen LogP contribution in [-0.2, 0) is 17.8 Å². The van der Waals surface area contributed by atoms with Gasteiger partial charge in [-0.05, 0) is 44.0 Å². The molecule has 0 aliphatic rings. The Morgan fingerprint density at radius 1 is 1.10 bits per heavy atom. The van der Waals surface area contributed by atoms with E-state index in [0.29, 0.717) is 8.68 Å². The number of aryl methyl sites for hydroxylation is 2. The molecule has 1 aromatic carbocycles. The van der Waals surface area contributed by atoms with E-state index in [0.717, 1.165) is 34.9 Å². The predicted molar refractivity (Wildman–Crippen MR) is 124 cm³/mol. The summed E-state index contributed by atoms with van der Waals surface area (Å²) < 4.78 is 3.55. The third-order valence-electron chi connectivity index (χ3n) is 4.46. The van der Waals surface area contributed by atoms with Crippen molar-refractivity contribution in [3.05, 3.63) is 57.9 Å². The van der Waals surface area contributed by atoms with Crippen molar-refractivity contribution in [1.29, 1.82) is 0 Å². The number of Topliss-reactive ketones (excluding diaryl/α,β-unsaturated/α-hetero) is 1. The van der Waals surface area contributed by atoms with Crippen LogP contribution in [0.3, 0.4) is 0 Å². The summed E-state index contributed by atoms with van der Waals surface area (Å²) in [6.07, 6.45) is 0.868. The summed E-state index contributed by atoms with van der Waals surface area (Å²) in [7, 11) is 0. The van der Waals surface area contributed by atoms with Crippen LogP contribution >= 0.6 is 46.5 Å². The molecule has 0 aliphatic carbocycles. The molecular weight excluding hydrogens is 460 g/mol. The van der Waals surface area contributed by atoms with Gasteiger partial charge in [-0.3, -0.25) is 9.59 Å². The summed E-state index contributed by atoms with van der Waals surface area (Å²) in [6, 6.07) is 9.79. The van der Waals surface area contributed by atoms with Gasteiger partial charge in [0.2, 0.25) is 5.91 Å². The van der Waals surface area contributed by atoms with Crippen LogP contribution in [0.4, 0.5) is 0 Å². The Hall–Kier alpha value is -1.81. The molecular formula is C20H21ClN4O2S3. The van der Waals surface area contributed by atoms with Gasteiger partial charge in [0.25, 0.3) is 0 Å². The number of carbonyl (C=O) groups excluding carboxylic acids is 2. The number of hydrogen-bond donors (Lipinski definition) is 1. The van der Waals surface area contributed by atoms with Crippen molar-refractivity contribution in [3.63, 3.8) is 0 Å². The van der Waals surface area contributed by atoms with Crippen LogP contribution in [0.25, 0.3) is 0 Å². The van der Waals surface area contributed by atoms with E-state index in [2.05, 4.69) is 14.8 Å². The van der Waals surface area contributed by atoms with Gasteiger partial charge in [-0.1, -0.05) is 58.6 Å². The van der Waals surface area contributed by atoms with Crippen molar-refractivity contribution in [1.82, 2.24) is 14.8 Å². The fraction of sp³-hybridized carbons (Fsp3) is 0.300. The van der Waals surface area contributed by atoms with Gasteiger partial charge in [-0.25, -0.2) is 0 Å². The minimum atomic E-state index is -0.397. The number of hydrogen-bond acceptors (Lipinski definition) is 7. The first-order valence-electron chi connectivity index (χ1n) is 9.15. The smallest absolute Gasteiger partial charge is 0.227 e. The van der Waals surface area contributed by atoms with E-state index < -0.39 is 5.91 Å².